The van der Waals surface area contributed by atoms with Crippen LogP contribution in [0.15, 0.2) is 36.4 Å². The van der Waals surface area contributed by atoms with Crippen molar-refractivity contribution in [2.75, 3.05) is 19.8 Å². The number of unbranched alkanes of at least 4 members (excludes halogenated alkanes) is 1. The van der Waals surface area contributed by atoms with Crippen LogP contribution in [0.3, 0.4) is 0 Å². The van der Waals surface area contributed by atoms with Crippen LogP contribution in [0.1, 0.15) is 31.2 Å². The van der Waals surface area contributed by atoms with Crippen LogP contribution in [0.25, 0.3) is 0 Å². The lowest BCUT2D eigenvalue weighted by Crippen LogP contribution is -2.33. The Morgan fingerprint density at radius 3 is 2.96 bits per heavy atom. The molecule has 1 saturated heterocycles. The summed E-state index contributed by atoms with van der Waals surface area (Å²) in [5, 5.41) is 19.4. The Morgan fingerprint density at radius 2 is 2.22 bits per heavy atom. The van der Waals surface area contributed by atoms with Crippen LogP contribution in [0.5, 0.6) is 0 Å². The zero-order chi connectivity index (χ0) is 19.6. The van der Waals surface area contributed by atoms with Crippen molar-refractivity contribution in [1.82, 2.24) is 4.90 Å². The highest BCUT2D eigenvalue weighted by atomic mass is 35.5. The summed E-state index contributed by atoms with van der Waals surface area (Å²) in [6.45, 7) is 0.681. The number of aliphatic hydroxyl groups excluding tert-OH is 1. The first-order valence-electron chi connectivity index (χ1n) is 9.15. The van der Waals surface area contributed by atoms with Gasteiger partial charge >= 0.3 is 5.97 Å². The first kappa shape index (κ1) is 21.4. The molecule has 27 heavy (non-hydrogen) atoms. The van der Waals surface area contributed by atoms with Crippen LogP contribution in [0.4, 0.5) is 0 Å². The number of aliphatic hydroxyl groups is 1. The Balaban J connectivity index is 1.77. The Kier molecular flexibility index (Phi) is 8.78. The van der Waals surface area contributed by atoms with Crippen molar-refractivity contribution in [3.8, 4) is 0 Å². The molecule has 0 radical (unpaired) electrons. The summed E-state index contributed by atoms with van der Waals surface area (Å²) < 4.78 is 5.00. The van der Waals surface area contributed by atoms with Gasteiger partial charge in [-0.25, -0.2) is 4.79 Å². The molecule has 0 saturated carbocycles. The Bertz CT molecular complexity index is 664. The predicted molar refractivity (Wildman–Crippen MR) is 103 cm³/mol. The molecule has 0 aromatic heterocycles. The second kappa shape index (κ2) is 11.1. The lowest BCUT2D eigenvalue weighted by molar-refractivity contribution is -0.142. The fraction of sp³-hybridized carbons (Fsp3) is 0.500. The quantitative estimate of drug-likeness (QED) is 0.444. The van der Waals surface area contributed by atoms with Gasteiger partial charge in [0.1, 0.15) is 6.61 Å². The maximum Gasteiger partial charge on any atom is 0.329 e. The average Bonchev–Trinajstić information content (AvgIpc) is 2.96. The number of carbonyl (C=O) groups is 2. The minimum atomic E-state index is -0.980. The highest BCUT2D eigenvalue weighted by molar-refractivity contribution is 6.30. The molecule has 1 aliphatic heterocycles. The average molecular weight is 396 g/mol. The van der Waals surface area contributed by atoms with E-state index in [2.05, 4.69) is 0 Å². The third kappa shape index (κ3) is 7.71. The first-order valence-corrected chi connectivity index (χ1v) is 9.53. The van der Waals surface area contributed by atoms with E-state index in [0.717, 1.165) is 18.4 Å². The molecular weight excluding hydrogens is 370 g/mol. The standard InChI is InChI=1S/C20H26ClNO5/c21-16-5-3-4-15(12-16)13-18(23)8-6-17-7-9-19(24)22(17)10-1-2-11-27-14-20(25)26/h3-6,8,12,17-18,23H,1-2,7,9-11,13-14H2,(H,25,26). The monoisotopic (exact) mass is 395 g/mol. The molecular formula is C20H26ClNO5. The summed E-state index contributed by atoms with van der Waals surface area (Å²) in [7, 11) is 0. The summed E-state index contributed by atoms with van der Waals surface area (Å²) >= 11 is 5.96. The number of carboxylic acid groups (broad SMARTS) is 1. The van der Waals surface area contributed by atoms with Gasteiger partial charge in [-0.15, -0.1) is 0 Å². The van der Waals surface area contributed by atoms with Gasteiger partial charge in [0.15, 0.2) is 0 Å². The number of amides is 1. The minimum Gasteiger partial charge on any atom is -0.480 e. The van der Waals surface area contributed by atoms with Crippen LogP contribution >= 0.6 is 11.6 Å². The minimum absolute atomic E-state index is 0.00792. The number of hydrogen-bond acceptors (Lipinski definition) is 4. The Hall–Kier alpha value is -1.89. The van der Waals surface area contributed by atoms with Gasteiger partial charge in [0.05, 0.1) is 12.1 Å². The van der Waals surface area contributed by atoms with E-state index in [4.69, 9.17) is 21.4 Å². The van der Waals surface area contributed by atoms with E-state index in [0.29, 0.717) is 37.4 Å². The second-order valence-electron chi connectivity index (χ2n) is 6.63. The van der Waals surface area contributed by atoms with E-state index in [1.807, 2.05) is 29.2 Å². The summed E-state index contributed by atoms with van der Waals surface area (Å²) in [5.41, 5.74) is 0.959. The van der Waals surface area contributed by atoms with Crippen molar-refractivity contribution in [2.45, 2.75) is 44.2 Å². The van der Waals surface area contributed by atoms with E-state index in [9.17, 15) is 14.7 Å². The highest BCUT2D eigenvalue weighted by Gasteiger charge is 2.28. The highest BCUT2D eigenvalue weighted by Crippen LogP contribution is 2.21. The van der Waals surface area contributed by atoms with Crippen LogP contribution in [0.2, 0.25) is 5.02 Å². The summed E-state index contributed by atoms with van der Waals surface area (Å²) in [4.78, 5) is 24.3. The van der Waals surface area contributed by atoms with Crippen molar-refractivity contribution in [2.24, 2.45) is 0 Å². The number of likely N-dealkylation sites (tertiary alicyclic amines) is 1. The summed E-state index contributed by atoms with van der Waals surface area (Å²) in [5.74, 6) is -0.869. The molecule has 1 amide bonds. The summed E-state index contributed by atoms with van der Waals surface area (Å²) in [6.07, 6.45) is 6.19. The number of hydrogen-bond donors (Lipinski definition) is 2. The lowest BCUT2D eigenvalue weighted by atomic mass is 10.1. The largest absolute Gasteiger partial charge is 0.480 e. The number of carbonyl (C=O) groups excluding carboxylic acids is 1. The molecule has 2 atom stereocenters. The Labute approximate surface area is 164 Å². The SMILES string of the molecule is O=C(O)COCCCCN1C(=O)CCC1C=CC(O)Cc1cccc(Cl)c1. The van der Waals surface area contributed by atoms with E-state index >= 15 is 0 Å². The van der Waals surface area contributed by atoms with E-state index < -0.39 is 12.1 Å². The van der Waals surface area contributed by atoms with Gasteiger partial charge in [0, 0.05) is 31.0 Å². The van der Waals surface area contributed by atoms with Crippen LogP contribution in [0, 0.1) is 0 Å². The second-order valence-corrected chi connectivity index (χ2v) is 7.07. The molecule has 1 heterocycles. The molecule has 7 heteroatoms. The molecule has 2 unspecified atom stereocenters. The van der Waals surface area contributed by atoms with Crippen LogP contribution in [-0.4, -0.2) is 58.9 Å². The number of rotatable bonds is 11. The third-order valence-electron chi connectivity index (χ3n) is 4.43. The number of halogens is 1. The number of benzene rings is 1. The molecule has 0 bridgehead atoms. The maximum absolute atomic E-state index is 12.1. The van der Waals surface area contributed by atoms with Gasteiger partial charge in [-0.05, 0) is 37.0 Å². The zero-order valence-electron chi connectivity index (χ0n) is 15.2. The smallest absolute Gasteiger partial charge is 0.329 e. The van der Waals surface area contributed by atoms with Crippen molar-refractivity contribution >= 4 is 23.5 Å². The number of nitrogens with zero attached hydrogens (tertiary/aromatic N) is 1. The van der Waals surface area contributed by atoms with E-state index in [1.165, 1.54) is 0 Å². The zero-order valence-corrected chi connectivity index (χ0v) is 16.0. The molecule has 2 rings (SSSR count). The van der Waals surface area contributed by atoms with Crippen molar-refractivity contribution in [3.63, 3.8) is 0 Å². The molecule has 1 aromatic carbocycles. The van der Waals surface area contributed by atoms with Gasteiger partial charge in [-0.2, -0.15) is 0 Å². The lowest BCUT2D eigenvalue weighted by Gasteiger charge is -2.22. The van der Waals surface area contributed by atoms with Crippen LogP contribution < -0.4 is 0 Å². The first-order chi connectivity index (χ1) is 13.0. The third-order valence-corrected chi connectivity index (χ3v) is 4.66. The number of carboxylic acids is 1. The predicted octanol–water partition coefficient (Wildman–Crippen LogP) is 2.67. The van der Waals surface area contributed by atoms with Crippen molar-refractivity contribution in [3.05, 3.63) is 47.0 Å². The van der Waals surface area contributed by atoms with Gasteiger partial charge in [-0.3, -0.25) is 4.79 Å². The summed E-state index contributed by atoms with van der Waals surface area (Å²) in [6, 6.07) is 7.39. The molecule has 6 nitrogen and oxygen atoms in total. The topological polar surface area (TPSA) is 87.1 Å². The van der Waals surface area contributed by atoms with Gasteiger partial charge < -0.3 is 19.8 Å². The fourth-order valence-electron chi connectivity index (χ4n) is 3.12. The van der Waals surface area contributed by atoms with E-state index in [1.54, 1.807) is 12.1 Å². The molecule has 0 aliphatic carbocycles. The molecule has 1 aliphatic rings. The molecule has 1 fully saturated rings. The molecule has 2 N–H and O–H groups in total. The molecule has 1 aromatic rings. The molecule has 148 valence electrons. The van der Waals surface area contributed by atoms with Crippen molar-refractivity contribution < 1.29 is 24.5 Å². The van der Waals surface area contributed by atoms with Crippen LogP contribution in [-0.2, 0) is 20.7 Å². The van der Waals surface area contributed by atoms with Gasteiger partial charge in [-0.1, -0.05) is 35.9 Å². The fourth-order valence-corrected chi connectivity index (χ4v) is 3.34. The normalized spacial score (nSPS) is 18.4. The van der Waals surface area contributed by atoms with Gasteiger partial charge in [0.25, 0.3) is 0 Å². The van der Waals surface area contributed by atoms with Gasteiger partial charge in [0.2, 0.25) is 5.91 Å². The Morgan fingerprint density at radius 1 is 1.41 bits per heavy atom. The van der Waals surface area contributed by atoms with E-state index in [-0.39, 0.29) is 18.6 Å². The molecule has 0 spiro atoms. The number of ether oxygens (including phenoxy) is 1. The maximum atomic E-state index is 12.1. The van der Waals surface area contributed by atoms with Crippen molar-refractivity contribution in [1.29, 1.82) is 0 Å². The number of aliphatic carboxylic acids is 1.